The summed E-state index contributed by atoms with van der Waals surface area (Å²) in [5.41, 5.74) is 4.69. The number of hydrogen-bond donors (Lipinski definition) is 0. The predicted molar refractivity (Wildman–Crippen MR) is 115 cm³/mol. The zero-order chi connectivity index (χ0) is 17.8. The lowest BCUT2D eigenvalue weighted by molar-refractivity contribution is -0.137. The minimum Gasteiger partial charge on any atom is -0.303 e. The van der Waals surface area contributed by atoms with Crippen molar-refractivity contribution in [2.75, 3.05) is 6.66 Å². The normalized spacial score (nSPS) is 24.2. The van der Waals surface area contributed by atoms with Gasteiger partial charge in [-0.25, -0.2) is 0 Å². The number of hydrogen-bond acceptors (Lipinski definition) is 2. The summed E-state index contributed by atoms with van der Waals surface area (Å²) < 4.78 is 1.38. The van der Waals surface area contributed by atoms with Gasteiger partial charge in [-0.05, 0) is 12.2 Å². The summed E-state index contributed by atoms with van der Waals surface area (Å²) in [5.74, 6) is 4.42. The zero-order valence-corrected chi connectivity index (χ0v) is 18.5. The van der Waals surface area contributed by atoms with E-state index in [0.29, 0.717) is 8.42 Å². The van der Waals surface area contributed by atoms with Crippen LogP contribution in [0.2, 0.25) is 19.6 Å². The van der Waals surface area contributed by atoms with E-state index in [-0.39, 0.29) is 11.9 Å². The van der Waals surface area contributed by atoms with Crippen LogP contribution in [0.25, 0.3) is 0 Å². The highest BCUT2D eigenvalue weighted by Gasteiger charge is 2.58. The van der Waals surface area contributed by atoms with Crippen LogP contribution in [0.4, 0.5) is 0 Å². The Morgan fingerprint density at radius 3 is 2.58 bits per heavy atom. The molecule has 24 heavy (non-hydrogen) atoms. The van der Waals surface area contributed by atoms with Gasteiger partial charge in [0, 0.05) is 14.2 Å². The Bertz CT molecular complexity index is 665. The standard InChI is InChI=1S/C18H25NOP2SSi/c1-6-18(23-14-15-10-8-7-9-11-15)16(12-13-24(3,4)5)19(17(18)20)22-21-2/h6-11,16,21-22H,1,14H2,2-5H3. The topological polar surface area (TPSA) is 20.3 Å². The first-order chi connectivity index (χ1) is 11.3. The molecule has 0 saturated carbocycles. The third kappa shape index (κ3) is 4.33. The van der Waals surface area contributed by atoms with Crippen LogP contribution in [-0.2, 0) is 10.5 Å². The van der Waals surface area contributed by atoms with Crippen molar-refractivity contribution in [3.05, 3.63) is 48.6 Å². The number of nitrogens with zero attached hydrogens (tertiary/aromatic N) is 1. The molecule has 4 atom stereocenters. The summed E-state index contributed by atoms with van der Waals surface area (Å²) in [4.78, 5) is 12.8. The Hall–Kier alpha value is -0.583. The van der Waals surface area contributed by atoms with E-state index in [1.165, 1.54) is 5.56 Å². The van der Waals surface area contributed by atoms with E-state index in [4.69, 9.17) is 0 Å². The van der Waals surface area contributed by atoms with Gasteiger partial charge in [0.25, 0.3) is 0 Å². The third-order valence-corrected chi connectivity index (χ3v) is 8.39. The molecule has 1 amide bonds. The molecule has 1 fully saturated rings. The molecule has 1 aliphatic heterocycles. The molecule has 0 N–H and O–H groups in total. The van der Waals surface area contributed by atoms with Crippen LogP contribution in [0.1, 0.15) is 5.56 Å². The summed E-state index contributed by atoms with van der Waals surface area (Å²) in [7, 11) is -0.198. The summed E-state index contributed by atoms with van der Waals surface area (Å²) in [6, 6.07) is 10.2. The van der Waals surface area contributed by atoms with E-state index in [1.807, 2.05) is 28.9 Å². The third-order valence-electron chi connectivity index (χ3n) is 3.66. The van der Waals surface area contributed by atoms with Crippen molar-refractivity contribution in [3.63, 3.8) is 0 Å². The van der Waals surface area contributed by atoms with Gasteiger partial charge in [0.05, 0.1) is 0 Å². The molecule has 0 bridgehead atoms. The number of rotatable bonds is 6. The van der Waals surface area contributed by atoms with Crippen LogP contribution in [0.5, 0.6) is 0 Å². The van der Waals surface area contributed by atoms with Gasteiger partial charge in [-0.2, -0.15) is 0 Å². The van der Waals surface area contributed by atoms with E-state index in [2.05, 4.69) is 56.5 Å². The maximum Gasteiger partial charge on any atom is 0.250 e. The maximum atomic E-state index is 12.8. The second-order valence-electron chi connectivity index (χ2n) is 6.73. The predicted octanol–water partition coefficient (Wildman–Crippen LogP) is 4.75. The van der Waals surface area contributed by atoms with Crippen molar-refractivity contribution >= 4 is 42.4 Å². The minimum atomic E-state index is -1.48. The molecule has 1 aliphatic rings. The lowest BCUT2D eigenvalue weighted by Crippen LogP contribution is -2.67. The molecule has 2 rings (SSSR count). The second kappa shape index (κ2) is 8.20. The van der Waals surface area contributed by atoms with Crippen molar-refractivity contribution in [1.82, 2.24) is 4.67 Å². The first kappa shape index (κ1) is 19.7. The van der Waals surface area contributed by atoms with E-state index in [0.717, 1.165) is 14.0 Å². The second-order valence-corrected chi connectivity index (χ2v) is 16.1. The summed E-state index contributed by atoms with van der Waals surface area (Å²) >= 11 is 1.67. The molecule has 6 heteroatoms. The fraction of sp³-hybridized carbons (Fsp3) is 0.389. The number of carbonyl (C=O) groups excluding carboxylic acids is 1. The monoisotopic (exact) mass is 393 g/mol. The molecular formula is C18H25NOP2SSi. The highest BCUT2D eigenvalue weighted by molar-refractivity contribution is 8.10. The highest BCUT2D eigenvalue weighted by Crippen LogP contribution is 2.54. The fourth-order valence-electron chi connectivity index (χ4n) is 2.42. The average molecular weight is 394 g/mol. The van der Waals surface area contributed by atoms with E-state index >= 15 is 0 Å². The largest absolute Gasteiger partial charge is 0.303 e. The van der Waals surface area contributed by atoms with Crippen LogP contribution in [0, 0.1) is 11.5 Å². The first-order valence-electron chi connectivity index (χ1n) is 7.94. The van der Waals surface area contributed by atoms with Gasteiger partial charge in [-0.3, -0.25) is 4.79 Å². The first-order valence-corrected chi connectivity index (χ1v) is 15.9. The molecule has 1 heterocycles. The average Bonchev–Trinajstić information content (AvgIpc) is 2.55. The Morgan fingerprint density at radius 2 is 2.04 bits per heavy atom. The van der Waals surface area contributed by atoms with Gasteiger partial charge in [0.2, 0.25) is 5.91 Å². The van der Waals surface area contributed by atoms with E-state index in [9.17, 15) is 4.79 Å². The Balaban J connectivity index is 2.24. The molecule has 4 unspecified atom stereocenters. The van der Waals surface area contributed by atoms with E-state index < -0.39 is 12.8 Å². The molecule has 2 nitrogen and oxygen atoms in total. The van der Waals surface area contributed by atoms with Crippen LogP contribution < -0.4 is 0 Å². The van der Waals surface area contributed by atoms with Gasteiger partial charge in [0.15, 0.2) is 0 Å². The summed E-state index contributed by atoms with van der Waals surface area (Å²) in [5, 5.41) is 0. The zero-order valence-electron chi connectivity index (χ0n) is 14.7. The summed E-state index contributed by atoms with van der Waals surface area (Å²) in [6.07, 6.45) is 1.83. The van der Waals surface area contributed by atoms with Crippen LogP contribution in [0.3, 0.4) is 0 Å². The van der Waals surface area contributed by atoms with Crippen molar-refractivity contribution < 1.29 is 4.79 Å². The van der Waals surface area contributed by atoms with Crippen molar-refractivity contribution in [2.24, 2.45) is 0 Å². The molecule has 1 saturated heterocycles. The maximum absolute atomic E-state index is 12.8. The molecular weight excluding hydrogens is 368 g/mol. The number of amides is 1. The number of carbonyl (C=O) groups is 1. The number of thioether (sulfide) groups is 1. The molecule has 0 spiro atoms. The summed E-state index contributed by atoms with van der Waals surface area (Å²) in [6.45, 7) is 12.8. The Kier molecular flexibility index (Phi) is 6.74. The van der Waals surface area contributed by atoms with Crippen LogP contribution in [-0.4, -0.2) is 36.1 Å². The minimum absolute atomic E-state index is 0.0336. The smallest absolute Gasteiger partial charge is 0.250 e. The fourth-order valence-corrected chi connectivity index (χ4v) is 6.76. The van der Waals surface area contributed by atoms with Gasteiger partial charge < -0.3 is 4.67 Å². The van der Waals surface area contributed by atoms with Gasteiger partial charge in [-0.15, -0.1) is 23.9 Å². The molecule has 0 aliphatic carbocycles. The van der Waals surface area contributed by atoms with Gasteiger partial charge in [-0.1, -0.05) is 70.2 Å². The number of β-lactam (4-membered cyclic amide) rings is 1. The van der Waals surface area contributed by atoms with Crippen molar-refractivity contribution in [1.29, 1.82) is 0 Å². The van der Waals surface area contributed by atoms with Crippen LogP contribution in [0.15, 0.2) is 43.0 Å². The van der Waals surface area contributed by atoms with Gasteiger partial charge >= 0.3 is 0 Å². The number of benzene rings is 1. The lowest BCUT2D eigenvalue weighted by atomic mass is 9.90. The lowest BCUT2D eigenvalue weighted by Gasteiger charge is -2.51. The quantitative estimate of drug-likeness (QED) is 0.228. The van der Waals surface area contributed by atoms with Crippen LogP contribution >= 0.6 is 28.5 Å². The SMILES string of the molecule is C=CC1(SCc2ccccc2)C(=O)N(PPC)C1C#C[Si](C)(C)C. The van der Waals surface area contributed by atoms with Crippen molar-refractivity contribution in [3.8, 4) is 11.5 Å². The molecule has 1 aromatic carbocycles. The highest BCUT2D eigenvalue weighted by atomic mass is 32.2. The van der Waals surface area contributed by atoms with Gasteiger partial charge in [0.1, 0.15) is 18.9 Å². The Morgan fingerprint density at radius 1 is 1.38 bits per heavy atom. The molecule has 0 aromatic heterocycles. The molecule has 1 aromatic rings. The van der Waals surface area contributed by atoms with Crippen molar-refractivity contribution in [2.45, 2.75) is 36.2 Å². The van der Waals surface area contributed by atoms with E-state index in [1.54, 1.807) is 11.8 Å². The molecule has 128 valence electrons. The Labute approximate surface area is 154 Å². The molecule has 0 radical (unpaired) electrons.